The van der Waals surface area contributed by atoms with Crippen molar-refractivity contribution < 1.29 is 9.53 Å². The van der Waals surface area contributed by atoms with Gasteiger partial charge in [-0.3, -0.25) is 0 Å². The van der Waals surface area contributed by atoms with Crippen molar-refractivity contribution in [2.75, 3.05) is 19.7 Å². The summed E-state index contributed by atoms with van der Waals surface area (Å²) >= 11 is 0. The Kier molecular flexibility index (Phi) is 2.74. The van der Waals surface area contributed by atoms with Crippen LogP contribution in [0.4, 0.5) is 0 Å². The maximum Gasteiger partial charge on any atom is 0.356 e. The maximum absolute atomic E-state index is 11.4. The highest BCUT2D eigenvalue weighted by Crippen LogP contribution is 2.05. The fraction of sp³-hybridized carbons (Fsp3) is 0.400. The molecule has 1 aromatic heterocycles. The molecule has 1 N–H and O–H groups in total. The van der Waals surface area contributed by atoms with Crippen molar-refractivity contribution >= 4 is 5.97 Å². The quantitative estimate of drug-likeness (QED) is 0.707. The first kappa shape index (κ1) is 9.15. The Bertz CT molecular complexity index is 309. The van der Waals surface area contributed by atoms with Crippen LogP contribution >= 0.6 is 0 Å². The molecule has 1 saturated heterocycles. The zero-order valence-electron chi connectivity index (χ0n) is 7.77. The number of rotatable bonds is 3. The fourth-order valence-electron chi connectivity index (χ4n) is 1.22. The first-order valence-corrected chi connectivity index (χ1v) is 4.65. The van der Waals surface area contributed by atoms with Crippen LogP contribution in [-0.2, 0) is 4.74 Å². The monoisotopic (exact) mass is 192 g/mol. The van der Waals surface area contributed by atoms with Crippen LogP contribution in [0, 0.1) is 5.92 Å². The molecule has 0 unspecified atom stereocenters. The minimum atomic E-state index is -0.336. The Morgan fingerprint density at radius 3 is 3.00 bits per heavy atom. The van der Waals surface area contributed by atoms with Gasteiger partial charge < -0.3 is 10.1 Å². The number of ether oxygens (including phenoxy) is 1. The predicted octanol–water partition coefficient (Wildman–Crippen LogP) is 0.458. The van der Waals surface area contributed by atoms with E-state index in [0.29, 0.717) is 18.2 Å². The molecule has 0 aliphatic carbocycles. The predicted molar refractivity (Wildman–Crippen MR) is 50.9 cm³/mol. The normalized spacial score (nSPS) is 16.0. The second kappa shape index (κ2) is 4.19. The third-order valence-corrected chi connectivity index (χ3v) is 2.19. The SMILES string of the molecule is O=C(OCC1CNC1)c1ccccn1. The van der Waals surface area contributed by atoms with Crippen molar-refractivity contribution in [2.24, 2.45) is 5.92 Å². The van der Waals surface area contributed by atoms with Gasteiger partial charge in [0.1, 0.15) is 5.69 Å². The first-order chi connectivity index (χ1) is 6.86. The molecule has 1 aliphatic rings. The number of hydrogen-bond acceptors (Lipinski definition) is 4. The van der Waals surface area contributed by atoms with Gasteiger partial charge in [-0.1, -0.05) is 6.07 Å². The molecule has 0 radical (unpaired) electrons. The van der Waals surface area contributed by atoms with E-state index in [1.54, 1.807) is 24.4 Å². The minimum absolute atomic E-state index is 0.336. The fourth-order valence-corrected chi connectivity index (χ4v) is 1.22. The lowest BCUT2D eigenvalue weighted by atomic mass is 10.1. The lowest BCUT2D eigenvalue weighted by molar-refractivity contribution is 0.0391. The number of aromatic nitrogens is 1. The summed E-state index contributed by atoms with van der Waals surface area (Å²) in [5.74, 6) is 0.139. The highest BCUT2D eigenvalue weighted by Gasteiger charge is 2.19. The number of esters is 1. The number of nitrogens with zero attached hydrogens (tertiary/aromatic N) is 1. The van der Waals surface area contributed by atoms with Crippen LogP contribution in [0.5, 0.6) is 0 Å². The highest BCUT2D eigenvalue weighted by atomic mass is 16.5. The summed E-state index contributed by atoms with van der Waals surface area (Å²) in [4.78, 5) is 15.3. The van der Waals surface area contributed by atoms with Gasteiger partial charge in [0.15, 0.2) is 0 Å². The molecule has 1 fully saturated rings. The van der Waals surface area contributed by atoms with Crippen LogP contribution in [0.1, 0.15) is 10.5 Å². The molecule has 2 heterocycles. The van der Waals surface area contributed by atoms with Gasteiger partial charge in [0.2, 0.25) is 0 Å². The number of carbonyl (C=O) groups excluding carboxylic acids is 1. The molecule has 2 rings (SSSR count). The Morgan fingerprint density at radius 1 is 1.57 bits per heavy atom. The summed E-state index contributed by atoms with van der Waals surface area (Å²) in [6.07, 6.45) is 1.58. The van der Waals surface area contributed by atoms with Gasteiger partial charge in [0, 0.05) is 25.2 Å². The molecule has 0 bridgehead atoms. The van der Waals surface area contributed by atoms with E-state index in [0.717, 1.165) is 13.1 Å². The third-order valence-electron chi connectivity index (χ3n) is 2.19. The molecule has 0 spiro atoms. The smallest absolute Gasteiger partial charge is 0.356 e. The average Bonchev–Trinajstić information content (AvgIpc) is 2.16. The molecule has 0 atom stereocenters. The van der Waals surface area contributed by atoms with E-state index in [-0.39, 0.29) is 5.97 Å². The van der Waals surface area contributed by atoms with Gasteiger partial charge >= 0.3 is 5.97 Å². The van der Waals surface area contributed by atoms with Crippen LogP contribution in [-0.4, -0.2) is 30.6 Å². The maximum atomic E-state index is 11.4. The summed E-state index contributed by atoms with van der Waals surface area (Å²) in [6.45, 7) is 2.37. The van der Waals surface area contributed by atoms with Gasteiger partial charge in [-0.15, -0.1) is 0 Å². The summed E-state index contributed by atoms with van der Waals surface area (Å²) < 4.78 is 5.09. The molecule has 4 heteroatoms. The van der Waals surface area contributed by atoms with Crippen LogP contribution in [0.15, 0.2) is 24.4 Å². The summed E-state index contributed by atoms with van der Waals surface area (Å²) in [5.41, 5.74) is 0.375. The summed E-state index contributed by atoms with van der Waals surface area (Å²) in [6, 6.07) is 5.20. The van der Waals surface area contributed by atoms with Crippen molar-refractivity contribution in [3.05, 3.63) is 30.1 Å². The second-order valence-electron chi connectivity index (χ2n) is 3.34. The van der Waals surface area contributed by atoms with Gasteiger partial charge in [-0.05, 0) is 12.1 Å². The molecule has 1 aromatic rings. The van der Waals surface area contributed by atoms with Crippen molar-refractivity contribution in [1.82, 2.24) is 10.3 Å². The number of carbonyl (C=O) groups is 1. The van der Waals surface area contributed by atoms with Crippen LogP contribution in [0.25, 0.3) is 0 Å². The van der Waals surface area contributed by atoms with Gasteiger partial charge in [0.25, 0.3) is 0 Å². The summed E-state index contributed by atoms with van der Waals surface area (Å²) in [5, 5.41) is 3.12. The average molecular weight is 192 g/mol. The van der Waals surface area contributed by atoms with E-state index >= 15 is 0 Å². The minimum Gasteiger partial charge on any atom is -0.461 e. The van der Waals surface area contributed by atoms with Gasteiger partial charge in [-0.2, -0.15) is 0 Å². The number of hydrogen-bond donors (Lipinski definition) is 1. The molecule has 0 saturated carbocycles. The number of nitrogens with one attached hydrogen (secondary N) is 1. The Balaban J connectivity index is 1.83. The topological polar surface area (TPSA) is 51.2 Å². The van der Waals surface area contributed by atoms with Crippen molar-refractivity contribution in [1.29, 1.82) is 0 Å². The molecule has 0 aromatic carbocycles. The van der Waals surface area contributed by atoms with E-state index in [1.807, 2.05) is 0 Å². The van der Waals surface area contributed by atoms with Crippen LogP contribution in [0.3, 0.4) is 0 Å². The van der Waals surface area contributed by atoms with E-state index < -0.39 is 0 Å². The first-order valence-electron chi connectivity index (χ1n) is 4.65. The molecular formula is C10H12N2O2. The zero-order valence-corrected chi connectivity index (χ0v) is 7.77. The van der Waals surface area contributed by atoms with E-state index in [4.69, 9.17) is 4.74 Å². The molecule has 0 amide bonds. The van der Waals surface area contributed by atoms with Crippen LogP contribution < -0.4 is 5.32 Å². The highest BCUT2D eigenvalue weighted by molar-refractivity contribution is 5.87. The van der Waals surface area contributed by atoms with Gasteiger partial charge in [0.05, 0.1) is 6.61 Å². The van der Waals surface area contributed by atoms with Crippen LogP contribution in [0.2, 0.25) is 0 Å². The second-order valence-corrected chi connectivity index (χ2v) is 3.34. The Hall–Kier alpha value is -1.42. The third kappa shape index (κ3) is 2.09. The van der Waals surface area contributed by atoms with Gasteiger partial charge in [-0.25, -0.2) is 9.78 Å². The van der Waals surface area contributed by atoms with Crippen molar-refractivity contribution in [2.45, 2.75) is 0 Å². The Labute approximate surface area is 82.3 Å². The zero-order chi connectivity index (χ0) is 9.80. The molecule has 74 valence electrons. The standard InChI is InChI=1S/C10H12N2O2/c13-10(9-3-1-2-4-12-9)14-7-8-5-11-6-8/h1-4,8,11H,5-7H2. The lowest BCUT2D eigenvalue weighted by Crippen LogP contribution is -2.44. The van der Waals surface area contributed by atoms with Crippen molar-refractivity contribution in [3.8, 4) is 0 Å². The molecule has 4 nitrogen and oxygen atoms in total. The summed E-state index contributed by atoms with van der Waals surface area (Å²) in [7, 11) is 0. The molecule has 14 heavy (non-hydrogen) atoms. The van der Waals surface area contributed by atoms with Crippen molar-refractivity contribution in [3.63, 3.8) is 0 Å². The Morgan fingerprint density at radius 2 is 2.43 bits per heavy atom. The largest absolute Gasteiger partial charge is 0.461 e. The van der Waals surface area contributed by atoms with E-state index in [9.17, 15) is 4.79 Å². The van der Waals surface area contributed by atoms with E-state index in [1.165, 1.54) is 0 Å². The number of pyridine rings is 1. The molecule has 1 aliphatic heterocycles. The molecular weight excluding hydrogens is 180 g/mol. The van der Waals surface area contributed by atoms with E-state index in [2.05, 4.69) is 10.3 Å². The lowest BCUT2D eigenvalue weighted by Gasteiger charge is -2.26.